The third-order valence-corrected chi connectivity index (χ3v) is 5.93. The van der Waals surface area contributed by atoms with Crippen LogP contribution in [0.15, 0.2) is 48.5 Å². The molecule has 1 atom stereocenters. The summed E-state index contributed by atoms with van der Waals surface area (Å²) in [4.78, 5) is 17.1. The van der Waals surface area contributed by atoms with Gasteiger partial charge in [0.05, 0.1) is 6.04 Å². The summed E-state index contributed by atoms with van der Waals surface area (Å²) < 4.78 is 0. The molecule has 27 heavy (non-hydrogen) atoms. The zero-order valence-electron chi connectivity index (χ0n) is 15.5. The minimum Gasteiger partial charge on any atom is -0.337 e. The molecule has 4 rings (SSSR count). The molecule has 0 bridgehead atoms. The van der Waals surface area contributed by atoms with Crippen molar-refractivity contribution in [2.24, 2.45) is 0 Å². The van der Waals surface area contributed by atoms with Gasteiger partial charge < -0.3 is 10.2 Å². The Kier molecular flexibility index (Phi) is 5.65. The van der Waals surface area contributed by atoms with E-state index in [4.69, 9.17) is 11.6 Å². The van der Waals surface area contributed by atoms with Crippen molar-refractivity contribution in [2.45, 2.75) is 31.8 Å². The van der Waals surface area contributed by atoms with Crippen molar-refractivity contribution in [3.63, 3.8) is 0 Å². The van der Waals surface area contributed by atoms with E-state index in [1.165, 1.54) is 16.7 Å². The average Bonchev–Trinajstić information content (AvgIpc) is 3.18. The molecule has 142 valence electrons. The average molecular weight is 384 g/mol. The van der Waals surface area contributed by atoms with Crippen LogP contribution in [0.2, 0.25) is 5.02 Å². The Morgan fingerprint density at radius 3 is 2.67 bits per heavy atom. The van der Waals surface area contributed by atoms with Crippen molar-refractivity contribution in [3.05, 3.63) is 70.2 Å². The van der Waals surface area contributed by atoms with E-state index < -0.39 is 0 Å². The van der Waals surface area contributed by atoms with E-state index in [2.05, 4.69) is 34.5 Å². The Labute approximate surface area is 166 Å². The summed E-state index contributed by atoms with van der Waals surface area (Å²) in [6.07, 6.45) is 3.15. The number of hydrogen-bond donors (Lipinski definition) is 1. The molecule has 2 aliphatic heterocycles. The molecule has 2 amide bonds. The van der Waals surface area contributed by atoms with E-state index in [0.717, 1.165) is 50.5 Å². The summed E-state index contributed by atoms with van der Waals surface area (Å²) in [5.74, 6) is 0. The lowest BCUT2D eigenvalue weighted by molar-refractivity contribution is 0.189. The summed E-state index contributed by atoms with van der Waals surface area (Å²) >= 11 is 5.99. The number of benzene rings is 2. The lowest BCUT2D eigenvalue weighted by Crippen LogP contribution is -2.43. The number of nitrogens with zero attached hydrogens (tertiary/aromatic N) is 2. The summed E-state index contributed by atoms with van der Waals surface area (Å²) in [6.45, 7) is 4.42. The zero-order chi connectivity index (χ0) is 18.6. The first-order valence-corrected chi connectivity index (χ1v) is 10.2. The van der Waals surface area contributed by atoms with E-state index in [1.807, 2.05) is 29.2 Å². The molecule has 0 aromatic heterocycles. The fourth-order valence-electron chi connectivity index (χ4n) is 4.21. The van der Waals surface area contributed by atoms with Crippen LogP contribution < -0.4 is 5.32 Å². The molecular formula is C22H26ClN3O. The van der Waals surface area contributed by atoms with E-state index in [9.17, 15) is 4.79 Å². The van der Waals surface area contributed by atoms with Gasteiger partial charge in [-0.1, -0.05) is 48.0 Å². The summed E-state index contributed by atoms with van der Waals surface area (Å²) in [6, 6.07) is 16.7. The lowest BCUT2D eigenvalue weighted by Gasteiger charge is -2.29. The van der Waals surface area contributed by atoms with Crippen molar-refractivity contribution in [3.8, 4) is 0 Å². The summed E-state index contributed by atoms with van der Waals surface area (Å²) in [7, 11) is 0. The molecule has 1 saturated heterocycles. The van der Waals surface area contributed by atoms with Crippen LogP contribution in [0.3, 0.4) is 0 Å². The van der Waals surface area contributed by atoms with Gasteiger partial charge in [0.1, 0.15) is 0 Å². The fourth-order valence-corrected chi connectivity index (χ4v) is 4.33. The number of rotatable bonds is 4. The number of halogens is 1. The van der Waals surface area contributed by atoms with Crippen LogP contribution in [0, 0.1) is 0 Å². The van der Waals surface area contributed by atoms with Crippen LogP contribution in [0.4, 0.5) is 4.79 Å². The molecule has 2 aromatic carbocycles. The Morgan fingerprint density at radius 2 is 1.85 bits per heavy atom. The van der Waals surface area contributed by atoms with Gasteiger partial charge in [-0.15, -0.1) is 0 Å². The maximum Gasteiger partial charge on any atom is 0.317 e. The molecule has 0 saturated carbocycles. The van der Waals surface area contributed by atoms with Crippen molar-refractivity contribution in [2.75, 3.05) is 26.2 Å². The fraction of sp³-hybridized carbons (Fsp3) is 0.409. The molecule has 0 aliphatic carbocycles. The maximum absolute atomic E-state index is 12.7. The third kappa shape index (κ3) is 4.28. The highest BCUT2D eigenvalue weighted by Crippen LogP contribution is 2.32. The third-order valence-electron chi connectivity index (χ3n) is 5.68. The first-order valence-electron chi connectivity index (χ1n) is 9.80. The van der Waals surface area contributed by atoms with Gasteiger partial charge in [-0.2, -0.15) is 0 Å². The van der Waals surface area contributed by atoms with Crippen LogP contribution in [0.1, 0.15) is 35.6 Å². The van der Waals surface area contributed by atoms with Crippen LogP contribution >= 0.6 is 11.6 Å². The normalized spacial score (nSPS) is 19.7. The number of amides is 2. The first-order chi connectivity index (χ1) is 13.2. The lowest BCUT2D eigenvalue weighted by atomic mass is 10.00. The van der Waals surface area contributed by atoms with Crippen molar-refractivity contribution in [1.29, 1.82) is 0 Å². The molecule has 4 nitrogen and oxygen atoms in total. The summed E-state index contributed by atoms with van der Waals surface area (Å²) in [5, 5.41) is 3.86. The van der Waals surface area contributed by atoms with Gasteiger partial charge in [-0.25, -0.2) is 4.79 Å². The van der Waals surface area contributed by atoms with Crippen molar-refractivity contribution in [1.82, 2.24) is 15.1 Å². The molecular weight excluding hydrogens is 358 g/mol. The zero-order valence-corrected chi connectivity index (χ0v) is 16.3. The van der Waals surface area contributed by atoms with Gasteiger partial charge in [0.2, 0.25) is 0 Å². The highest BCUT2D eigenvalue weighted by atomic mass is 35.5. The topological polar surface area (TPSA) is 35.6 Å². The molecule has 2 aliphatic rings. The highest BCUT2D eigenvalue weighted by molar-refractivity contribution is 6.30. The molecule has 5 heteroatoms. The van der Waals surface area contributed by atoms with Gasteiger partial charge in [0.25, 0.3) is 0 Å². The Bertz CT molecular complexity index is 792. The SMILES string of the molecule is O=C(NCCN1CCc2ccccc2C1)N1CCCC1c1ccc(Cl)cc1. The molecule has 2 aromatic rings. The molecule has 1 N–H and O–H groups in total. The van der Waals surface area contributed by atoms with Crippen LogP contribution in [-0.2, 0) is 13.0 Å². The van der Waals surface area contributed by atoms with Gasteiger partial charge in [-0.05, 0) is 48.1 Å². The molecule has 0 radical (unpaired) electrons. The van der Waals surface area contributed by atoms with E-state index in [-0.39, 0.29) is 12.1 Å². The largest absolute Gasteiger partial charge is 0.337 e. The number of carbonyl (C=O) groups is 1. The van der Waals surface area contributed by atoms with Crippen molar-refractivity contribution >= 4 is 17.6 Å². The molecule has 2 heterocycles. The maximum atomic E-state index is 12.7. The number of carbonyl (C=O) groups excluding carboxylic acids is 1. The van der Waals surface area contributed by atoms with Crippen molar-refractivity contribution < 1.29 is 4.79 Å². The first kappa shape index (κ1) is 18.3. The molecule has 1 fully saturated rings. The number of likely N-dealkylation sites (tertiary alicyclic amines) is 1. The second-order valence-corrected chi connectivity index (χ2v) is 7.87. The molecule has 1 unspecified atom stereocenters. The monoisotopic (exact) mass is 383 g/mol. The minimum atomic E-state index is 0.0462. The molecule has 0 spiro atoms. The van der Waals surface area contributed by atoms with E-state index in [1.54, 1.807) is 0 Å². The van der Waals surface area contributed by atoms with E-state index >= 15 is 0 Å². The number of fused-ring (bicyclic) bond motifs is 1. The van der Waals surface area contributed by atoms with Gasteiger partial charge in [0, 0.05) is 37.7 Å². The number of hydrogen-bond acceptors (Lipinski definition) is 2. The van der Waals surface area contributed by atoms with Crippen LogP contribution in [0.25, 0.3) is 0 Å². The Hall–Kier alpha value is -2.04. The second-order valence-electron chi connectivity index (χ2n) is 7.43. The predicted octanol–water partition coefficient (Wildman–Crippen LogP) is 4.24. The number of nitrogens with one attached hydrogen (secondary N) is 1. The van der Waals surface area contributed by atoms with E-state index in [0.29, 0.717) is 6.54 Å². The van der Waals surface area contributed by atoms with Gasteiger partial charge in [-0.3, -0.25) is 4.90 Å². The van der Waals surface area contributed by atoms with Crippen LogP contribution in [0.5, 0.6) is 0 Å². The Morgan fingerprint density at radius 1 is 1.07 bits per heavy atom. The smallest absolute Gasteiger partial charge is 0.317 e. The standard InChI is InChI=1S/C22H26ClN3O/c23-20-9-7-18(8-10-20)21-6-3-13-26(21)22(27)24-12-15-25-14-11-17-4-1-2-5-19(17)16-25/h1-2,4-5,7-10,21H,3,6,11-16H2,(H,24,27). The predicted molar refractivity (Wildman–Crippen MR) is 109 cm³/mol. The summed E-state index contributed by atoms with van der Waals surface area (Å²) in [5.41, 5.74) is 4.04. The van der Waals surface area contributed by atoms with Gasteiger partial charge >= 0.3 is 6.03 Å². The quantitative estimate of drug-likeness (QED) is 0.856. The minimum absolute atomic E-state index is 0.0462. The highest BCUT2D eigenvalue weighted by Gasteiger charge is 2.29. The number of urea groups is 1. The van der Waals surface area contributed by atoms with Crippen LogP contribution in [-0.4, -0.2) is 42.0 Å². The van der Waals surface area contributed by atoms with Gasteiger partial charge in [0.15, 0.2) is 0 Å². The second kappa shape index (κ2) is 8.32. The Balaban J connectivity index is 1.28.